The largest absolute Gasteiger partial charge is 0.477 e. The van der Waals surface area contributed by atoms with Crippen molar-refractivity contribution in [1.82, 2.24) is 15.1 Å². The molecule has 9 nitrogen and oxygen atoms in total. The molecule has 4 saturated carbocycles. The lowest BCUT2D eigenvalue weighted by atomic mass is 9.52. The fourth-order valence-electron chi connectivity index (χ4n) is 6.03. The van der Waals surface area contributed by atoms with E-state index in [1.165, 1.54) is 6.20 Å². The van der Waals surface area contributed by atoms with Gasteiger partial charge in [-0.1, -0.05) is 33.8 Å². The molecule has 2 amide bonds. The third kappa shape index (κ3) is 5.40. The minimum atomic E-state index is -0.822. The van der Waals surface area contributed by atoms with Crippen LogP contribution in [-0.2, 0) is 4.74 Å². The fourth-order valence-corrected chi connectivity index (χ4v) is 6.03. The maximum Gasteiger partial charge on any atom is 0.404 e. The Morgan fingerprint density at radius 1 is 1.32 bits per heavy atom. The highest BCUT2D eigenvalue weighted by Crippen LogP contribution is 2.55. The van der Waals surface area contributed by atoms with Crippen LogP contribution in [0, 0.1) is 29.1 Å². The van der Waals surface area contributed by atoms with Crippen LogP contribution < -0.4 is 15.8 Å². The summed E-state index contributed by atoms with van der Waals surface area (Å²) in [7, 11) is 0. The van der Waals surface area contributed by atoms with E-state index in [1.54, 1.807) is 10.9 Å². The van der Waals surface area contributed by atoms with Crippen LogP contribution in [0.5, 0.6) is 5.88 Å². The van der Waals surface area contributed by atoms with Gasteiger partial charge in [0.05, 0.1) is 18.4 Å². The number of nitrogens with one attached hydrogen (secondary N) is 1. The van der Waals surface area contributed by atoms with Crippen molar-refractivity contribution in [2.24, 2.45) is 34.8 Å². The summed E-state index contributed by atoms with van der Waals surface area (Å²) in [6, 6.07) is 0.0750. The third-order valence-electron chi connectivity index (χ3n) is 7.34. The number of nitrogens with two attached hydrogens (primary N) is 1. The number of amides is 2. The molecule has 34 heavy (non-hydrogen) atoms. The van der Waals surface area contributed by atoms with Gasteiger partial charge in [0.25, 0.3) is 5.91 Å². The van der Waals surface area contributed by atoms with E-state index in [4.69, 9.17) is 15.2 Å². The van der Waals surface area contributed by atoms with Gasteiger partial charge in [-0.05, 0) is 55.8 Å². The Kier molecular flexibility index (Phi) is 6.68. The van der Waals surface area contributed by atoms with Gasteiger partial charge in [-0.3, -0.25) is 4.79 Å². The Labute approximate surface area is 201 Å². The van der Waals surface area contributed by atoms with E-state index < -0.39 is 17.1 Å². The first-order chi connectivity index (χ1) is 15.9. The molecule has 4 bridgehead atoms. The van der Waals surface area contributed by atoms with Crippen LogP contribution in [0.1, 0.15) is 70.2 Å². The topological polar surface area (TPSA) is 129 Å². The van der Waals surface area contributed by atoms with Gasteiger partial charge in [-0.25, -0.2) is 9.48 Å². The average molecular weight is 475 g/mol. The van der Waals surface area contributed by atoms with E-state index in [1.807, 2.05) is 33.8 Å². The van der Waals surface area contributed by atoms with Crippen molar-refractivity contribution in [3.63, 3.8) is 0 Å². The molecule has 0 saturated heterocycles. The predicted octanol–water partition coefficient (Wildman–Crippen LogP) is 3.18. The number of rotatable bonds is 9. The molecule has 2 atom stereocenters. The summed E-state index contributed by atoms with van der Waals surface area (Å²) >= 11 is 0. The van der Waals surface area contributed by atoms with Gasteiger partial charge in [-0.2, -0.15) is 5.10 Å². The molecule has 5 rings (SSSR count). The summed E-state index contributed by atoms with van der Waals surface area (Å²) in [4.78, 5) is 24.3. The minimum absolute atomic E-state index is 0.0750. The molecular formula is C25H38N4O5. The van der Waals surface area contributed by atoms with Crippen molar-refractivity contribution >= 4 is 18.2 Å². The van der Waals surface area contributed by atoms with Crippen LogP contribution >= 0.6 is 0 Å². The molecular weight excluding hydrogens is 436 g/mol. The van der Waals surface area contributed by atoms with Crippen LogP contribution in [0.2, 0.25) is 0 Å². The number of aliphatic hydroxyl groups is 1. The third-order valence-corrected chi connectivity index (χ3v) is 7.34. The molecule has 188 valence electrons. The summed E-state index contributed by atoms with van der Waals surface area (Å²) in [6.07, 6.45) is 8.87. The lowest BCUT2D eigenvalue weighted by Crippen LogP contribution is -2.61. The number of primary amides is 1. The molecule has 1 heterocycles. The Hall–Kier alpha value is -2.55. The van der Waals surface area contributed by atoms with Crippen LogP contribution in [0.3, 0.4) is 0 Å². The van der Waals surface area contributed by atoms with E-state index in [9.17, 15) is 14.7 Å². The van der Waals surface area contributed by atoms with Crippen molar-refractivity contribution in [2.75, 3.05) is 13.2 Å². The average Bonchev–Trinajstić information content (AvgIpc) is 3.14. The van der Waals surface area contributed by atoms with E-state index in [-0.39, 0.29) is 24.5 Å². The van der Waals surface area contributed by atoms with Crippen LogP contribution in [0.25, 0.3) is 6.20 Å². The Bertz CT molecular complexity index is 937. The van der Waals surface area contributed by atoms with Crippen LogP contribution in [0.15, 0.2) is 12.3 Å². The highest BCUT2D eigenvalue weighted by molar-refractivity contribution is 5.96. The monoisotopic (exact) mass is 474 g/mol. The van der Waals surface area contributed by atoms with Crippen molar-refractivity contribution < 1.29 is 24.2 Å². The SMILES string of the molecule is CC(C)COc1c(C(=O)NC2C3CC4CC2CC(O)(C4)C3)cnn1/C=C/C(C)(C)COC(N)=O. The maximum absolute atomic E-state index is 13.4. The molecule has 4 fully saturated rings. The Balaban J connectivity index is 1.51. The summed E-state index contributed by atoms with van der Waals surface area (Å²) in [5, 5.41) is 18.5. The smallest absolute Gasteiger partial charge is 0.404 e. The maximum atomic E-state index is 13.4. The van der Waals surface area contributed by atoms with Crippen LogP contribution in [-0.4, -0.2) is 51.7 Å². The zero-order valence-electron chi connectivity index (χ0n) is 20.6. The number of aromatic nitrogens is 2. The second kappa shape index (κ2) is 9.24. The molecule has 0 radical (unpaired) electrons. The predicted molar refractivity (Wildman–Crippen MR) is 127 cm³/mol. The highest BCUT2D eigenvalue weighted by atomic mass is 16.5. The molecule has 2 unspecified atom stereocenters. The van der Waals surface area contributed by atoms with E-state index in [0.29, 0.717) is 35.8 Å². The van der Waals surface area contributed by atoms with Gasteiger partial charge >= 0.3 is 6.09 Å². The normalized spacial score (nSPS) is 30.2. The molecule has 0 spiro atoms. The standard InChI is InChI=1S/C25H38N4O5/c1-15(2)13-33-22-19(12-27-29(22)6-5-24(3,4)14-34-23(26)31)21(30)28-20-17-7-16-8-18(20)11-25(32,9-16)10-17/h5-6,12,15-18,20,32H,7-11,13-14H2,1-4H3,(H2,26,31)(H,28,30)/b6-5+. The summed E-state index contributed by atoms with van der Waals surface area (Å²) in [5.74, 6) is 1.68. The van der Waals surface area contributed by atoms with E-state index in [0.717, 1.165) is 32.1 Å². The molecule has 4 N–H and O–H groups in total. The first-order valence-electron chi connectivity index (χ1n) is 12.3. The van der Waals surface area contributed by atoms with Crippen molar-refractivity contribution in [2.45, 2.75) is 71.4 Å². The number of nitrogens with zero attached hydrogens (tertiary/aromatic N) is 2. The molecule has 0 aliphatic heterocycles. The molecule has 1 aromatic rings. The number of carbonyl (C=O) groups is 2. The second-order valence-corrected chi connectivity index (χ2v) is 11.6. The van der Waals surface area contributed by atoms with Gasteiger partial charge in [0.2, 0.25) is 5.88 Å². The first-order valence-corrected chi connectivity index (χ1v) is 12.3. The lowest BCUT2D eigenvalue weighted by Gasteiger charge is -2.58. The van der Waals surface area contributed by atoms with Gasteiger partial charge in [-0.15, -0.1) is 0 Å². The van der Waals surface area contributed by atoms with Gasteiger partial charge in [0.15, 0.2) is 0 Å². The zero-order valence-corrected chi connectivity index (χ0v) is 20.6. The summed E-state index contributed by atoms with van der Waals surface area (Å²) in [5.41, 5.74) is 4.45. The minimum Gasteiger partial charge on any atom is -0.477 e. The quantitative estimate of drug-likeness (QED) is 0.504. The van der Waals surface area contributed by atoms with Gasteiger partial charge in [0.1, 0.15) is 12.2 Å². The number of carbonyl (C=O) groups excluding carboxylic acids is 2. The van der Waals surface area contributed by atoms with E-state index >= 15 is 0 Å². The summed E-state index contributed by atoms with van der Waals surface area (Å²) < 4.78 is 12.5. The number of hydrogen-bond acceptors (Lipinski definition) is 6. The first kappa shape index (κ1) is 24.6. The molecule has 4 aliphatic carbocycles. The molecule has 4 aliphatic rings. The van der Waals surface area contributed by atoms with Crippen molar-refractivity contribution in [3.05, 3.63) is 17.8 Å². The number of ether oxygens (including phenoxy) is 2. The molecule has 9 heteroatoms. The van der Waals surface area contributed by atoms with Gasteiger partial charge in [0, 0.05) is 17.7 Å². The van der Waals surface area contributed by atoms with Gasteiger partial charge < -0.3 is 25.6 Å². The second-order valence-electron chi connectivity index (χ2n) is 11.6. The zero-order chi connectivity index (χ0) is 24.7. The highest BCUT2D eigenvalue weighted by Gasteiger charge is 2.55. The Morgan fingerprint density at radius 3 is 2.59 bits per heavy atom. The molecule has 1 aromatic heterocycles. The Morgan fingerprint density at radius 2 is 2.00 bits per heavy atom. The lowest BCUT2D eigenvalue weighted by molar-refractivity contribution is -0.136. The summed E-state index contributed by atoms with van der Waals surface area (Å²) in [6.45, 7) is 8.45. The van der Waals surface area contributed by atoms with Crippen molar-refractivity contribution in [1.29, 1.82) is 0 Å². The van der Waals surface area contributed by atoms with Crippen molar-refractivity contribution in [3.8, 4) is 5.88 Å². The number of hydrogen-bond donors (Lipinski definition) is 3. The van der Waals surface area contributed by atoms with E-state index in [2.05, 4.69) is 10.4 Å². The molecule has 0 aromatic carbocycles. The van der Waals surface area contributed by atoms with Crippen LogP contribution in [0.4, 0.5) is 4.79 Å². The fraction of sp³-hybridized carbons (Fsp3) is 0.720.